The van der Waals surface area contributed by atoms with Crippen LogP contribution in [0.4, 0.5) is 10.1 Å². The van der Waals surface area contributed by atoms with E-state index in [9.17, 15) is 9.18 Å². The third kappa shape index (κ3) is 4.14. The van der Waals surface area contributed by atoms with Gasteiger partial charge in [-0.15, -0.1) is 0 Å². The summed E-state index contributed by atoms with van der Waals surface area (Å²) in [6.45, 7) is 1.47. The van der Waals surface area contributed by atoms with E-state index in [0.717, 1.165) is 30.9 Å². The average molecular weight is 385 g/mol. The standard InChI is InChI=1S/C17H15Cl2FN2O3/c18-10-5-11(9-21-8-10)22-3-1-12(2-4-22)25-16-7-15(20)13(17(23)24)6-14(16)19/h5-9,12H,1-4H2,(H,23,24). The van der Waals surface area contributed by atoms with E-state index in [-0.39, 0.29) is 16.9 Å². The summed E-state index contributed by atoms with van der Waals surface area (Å²) in [5.74, 6) is -2.07. The maximum absolute atomic E-state index is 13.8. The van der Waals surface area contributed by atoms with Gasteiger partial charge in [0, 0.05) is 38.2 Å². The van der Waals surface area contributed by atoms with Crippen LogP contribution in [0.1, 0.15) is 23.2 Å². The largest absolute Gasteiger partial charge is 0.489 e. The van der Waals surface area contributed by atoms with Crippen molar-refractivity contribution in [2.75, 3.05) is 18.0 Å². The fourth-order valence-electron chi connectivity index (χ4n) is 2.77. The van der Waals surface area contributed by atoms with Gasteiger partial charge in [-0.2, -0.15) is 0 Å². The van der Waals surface area contributed by atoms with Crippen molar-refractivity contribution in [3.05, 3.63) is 52.0 Å². The summed E-state index contributed by atoms with van der Waals surface area (Å²) in [6, 6.07) is 3.95. The van der Waals surface area contributed by atoms with Gasteiger partial charge >= 0.3 is 5.97 Å². The van der Waals surface area contributed by atoms with Crippen molar-refractivity contribution in [2.24, 2.45) is 0 Å². The van der Waals surface area contributed by atoms with Crippen LogP contribution < -0.4 is 9.64 Å². The molecule has 0 saturated carbocycles. The monoisotopic (exact) mass is 384 g/mol. The molecule has 1 aromatic carbocycles. The predicted molar refractivity (Wildman–Crippen MR) is 93.5 cm³/mol. The van der Waals surface area contributed by atoms with E-state index in [4.69, 9.17) is 33.0 Å². The number of carboxylic acids is 1. The van der Waals surface area contributed by atoms with Crippen molar-refractivity contribution in [1.82, 2.24) is 4.98 Å². The predicted octanol–water partition coefficient (Wildman–Crippen LogP) is 4.27. The summed E-state index contributed by atoms with van der Waals surface area (Å²) in [5, 5.41) is 9.56. The third-order valence-electron chi connectivity index (χ3n) is 4.04. The van der Waals surface area contributed by atoms with Crippen LogP contribution in [0.2, 0.25) is 10.0 Å². The molecule has 0 spiro atoms. The van der Waals surface area contributed by atoms with Gasteiger partial charge in [-0.05, 0) is 12.1 Å². The lowest BCUT2D eigenvalue weighted by molar-refractivity contribution is 0.0691. The highest BCUT2D eigenvalue weighted by atomic mass is 35.5. The van der Waals surface area contributed by atoms with E-state index in [2.05, 4.69) is 9.88 Å². The number of piperidine rings is 1. The maximum atomic E-state index is 13.8. The Morgan fingerprint density at radius 2 is 1.96 bits per heavy atom. The number of hydrogen-bond donors (Lipinski definition) is 1. The Labute approximate surface area is 153 Å². The minimum Gasteiger partial charge on any atom is -0.489 e. The van der Waals surface area contributed by atoms with Gasteiger partial charge in [-0.3, -0.25) is 4.98 Å². The number of aromatic carboxylic acids is 1. The number of halogens is 3. The molecular weight excluding hydrogens is 370 g/mol. The highest BCUT2D eigenvalue weighted by Crippen LogP contribution is 2.31. The fourth-order valence-corrected chi connectivity index (χ4v) is 3.14. The van der Waals surface area contributed by atoms with E-state index < -0.39 is 17.3 Å². The normalized spacial score (nSPS) is 15.2. The van der Waals surface area contributed by atoms with Crippen LogP contribution in [0.15, 0.2) is 30.6 Å². The second-order valence-corrected chi connectivity index (χ2v) is 6.58. The average Bonchev–Trinajstić information content (AvgIpc) is 2.58. The number of nitrogens with zero attached hydrogens (tertiary/aromatic N) is 2. The van der Waals surface area contributed by atoms with Crippen molar-refractivity contribution in [1.29, 1.82) is 0 Å². The maximum Gasteiger partial charge on any atom is 0.338 e. The Hall–Kier alpha value is -2.05. The zero-order valence-electron chi connectivity index (χ0n) is 13.1. The van der Waals surface area contributed by atoms with Gasteiger partial charge in [-0.25, -0.2) is 9.18 Å². The molecule has 25 heavy (non-hydrogen) atoms. The summed E-state index contributed by atoms with van der Waals surface area (Å²) in [5.41, 5.74) is 0.474. The summed E-state index contributed by atoms with van der Waals surface area (Å²) >= 11 is 12.0. The number of rotatable bonds is 4. The molecule has 1 aliphatic rings. The number of hydrogen-bond acceptors (Lipinski definition) is 4. The summed E-state index contributed by atoms with van der Waals surface area (Å²) < 4.78 is 19.6. The first-order valence-corrected chi connectivity index (χ1v) is 8.44. The third-order valence-corrected chi connectivity index (χ3v) is 4.55. The Morgan fingerprint density at radius 1 is 1.24 bits per heavy atom. The molecule has 1 N–H and O–H groups in total. The van der Waals surface area contributed by atoms with Crippen LogP contribution in [-0.2, 0) is 0 Å². The second-order valence-electron chi connectivity index (χ2n) is 5.73. The molecule has 132 valence electrons. The number of carboxylic acid groups (broad SMARTS) is 1. The number of ether oxygens (including phenoxy) is 1. The zero-order valence-corrected chi connectivity index (χ0v) is 14.6. The molecule has 3 rings (SSSR count). The van der Waals surface area contributed by atoms with Crippen LogP contribution in [0.5, 0.6) is 5.75 Å². The summed E-state index contributed by atoms with van der Waals surface area (Å²) in [6.07, 6.45) is 4.63. The molecule has 2 heterocycles. The molecule has 0 unspecified atom stereocenters. The van der Waals surface area contributed by atoms with Crippen molar-refractivity contribution >= 4 is 34.9 Å². The lowest BCUT2D eigenvalue weighted by atomic mass is 10.1. The molecule has 0 aliphatic carbocycles. The van der Waals surface area contributed by atoms with Gasteiger partial charge in [0.05, 0.1) is 27.5 Å². The number of carbonyl (C=O) groups is 1. The van der Waals surface area contributed by atoms with Gasteiger partial charge in [0.15, 0.2) is 0 Å². The number of anilines is 1. The first kappa shape index (κ1) is 17.8. The van der Waals surface area contributed by atoms with E-state index in [0.29, 0.717) is 17.9 Å². The smallest absolute Gasteiger partial charge is 0.338 e. The number of pyridine rings is 1. The molecule has 0 radical (unpaired) electrons. The van der Waals surface area contributed by atoms with Gasteiger partial charge in [0.2, 0.25) is 0 Å². The molecule has 0 atom stereocenters. The molecule has 0 amide bonds. The van der Waals surface area contributed by atoms with E-state index in [1.54, 1.807) is 12.4 Å². The Bertz CT molecular complexity index is 795. The first-order chi connectivity index (χ1) is 11.9. The molecule has 1 saturated heterocycles. The first-order valence-electron chi connectivity index (χ1n) is 7.68. The van der Waals surface area contributed by atoms with Crippen LogP contribution in [0.25, 0.3) is 0 Å². The summed E-state index contributed by atoms with van der Waals surface area (Å²) in [4.78, 5) is 17.1. The highest BCUT2D eigenvalue weighted by molar-refractivity contribution is 6.32. The molecule has 8 heteroatoms. The molecular formula is C17H15Cl2FN2O3. The minimum absolute atomic E-state index is 0.0836. The van der Waals surface area contributed by atoms with Crippen molar-refractivity contribution in [3.8, 4) is 5.75 Å². The Morgan fingerprint density at radius 3 is 2.60 bits per heavy atom. The molecule has 2 aromatic rings. The van der Waals surface area contributed by atoms with Crippen molar-refractivity contribution in [3.63, 3.8) is 0 Å². The van der Waals surface area contributed by atoms with Crippen LogP contribution in [0, 0.1) is 5.82 Å². The lowest BCUT2D eigenvalue weighted by Gasteiger charge is -2.33. The van der Waals surface area contributed by atoms with Crippen molar-refractivity contribution in [2.45, 2.75) is 18.9 Å². The van der Waals surface area contributed by atoms with E-state index in [1.165, 1.54) is 0 Å². The zero-order chi connectivity index (χ0) is 18.0. The van der Waals surface area contributed by atoms with Crippen LogP contribution >= 0.6 is 23.2 Å². The number of aromatic nitrogens is 1. The number of benzene rings is 1. The Balaban J connectivity index is 1.64. The van der Waals surface area contributed by atoms with Crippen molar-refractivity contribution < 1.29 is 19.0 Å². The second kappa shape index (κ2) is 7.45. The molecule has 5 nitrogen and oxygen atoms in total. The highest BCUT2D eigenvalue weighted by Gasteiger charge is 2.23. The molecule has 1 fully saturated rings. The topological polar surface area (TPSA) is 62.7 Å². The molecule has 0 bridgehead atoms. The quantitative estimate of drug-likeness (QED) is 0.852. The van der Waals surface area contributed by atoms with Gasteiger partial charge < -0.3 is 14.7 Å². The minimum atomic E-state index is -1.37. The Kier molecular flexibility index (Phi) is 5.30. The van der Waals surface area contributed by atoms with Gasteiger partial charge in [0.1, 0.15) is 17.7 Å². The van der Waals surface area contributed by atoms with Gasteiger partial charge in [-0.1, -0.05) is 23.2 Å². The SMILES string of the molecule is O=C(O)c1cc(Cl)c(OC2CCN(c3cncc(Cl)c3)CC2)cc1F. The van der Waals surface area contributed by atoms with Crippen LogP contribution in [0.3, 0.4) is 0 Å². The molecule has 1 aromatic heterocycles. The van der Waals surface area contributed by atoms with E-state index >= 15 is 0 Å². The van der Waals surface area contributed by atoms with E-state index in [1.807, 2.05) is 6.07 Å². The van der Waals surface area contributed by atoms with Crippen LogP contribution in [-0.4, -0.2) is 35.3 Å². The summed E-state index contributed by atoms with van der Waals surface area (Å²) in [7, 11) is 0. The molecule has 1 aliphatic heterocycles. The lowest BCUT2D eigenvalue weighted by Crippen LogP contribution is -2.38. The fraction of sp³-hybridized carbons (Fsp3) is 0.294. The van der Waals surface area contributed by atoms with Gasteiger partial charge in [0.25, 0.3) is 0 Å².